The second-order valence-corrected chi connectivity index (χ2v) is 10.4. The molecule has 2 aliphatic heterocycles. The molecule has 33 heavy (non-hydrogen) atoms. The third-order valence-electron chi connectivity index (χ3n) is 5.91. The van der Waals surface area contributed by atoms with E-state index in [1.807, 2.05) is 6.07 Å². The molecule has 2 saturated heterocycles. The van der Waals surface area contributed by atoms with E-state index in [2.05, 4.69) is 5.32 Å². The highest BCUT2D eigenvalue weighted by atomic mass is 32.2. The topological polar surface area (TPSA) is 113 Å². The van der Waals surface area contributed by atoms with Crippen LogP contribution in [0.5, 0.6) is 5.75 Å². The first-order chi connectivity index (χ1) is 15.6. The number of para-hydroxylation sites is 1. The number of aliphatic carboxylic acids is 1. The van der Waals surface area contributed by atoms with Crippen LogP contribution in [0.15, 0.2) is 54.6 Å². The quantitative estimate of drug-likeness (QED) is 0.290. The van der Waals surface area contributed by atoms with Crippen molar-refractivity contribution >= 4 is 35.5 Å². The second kappa shape index (κ2) is 8.55. The Bertz CT molecular complexity index is 1120. The molecule has 2 N–H and O–H groups in total. The Balaban J connectivity index is 1.56. The summed E-state index contributed by atoms with van der Waals surface area (Å²) < 4.78 is 4.82. The molecule has 2 fully saturated rings. The van der Waals surface area contributed by atoms with Crippen molar-refractivity contribution in [3.8, 4) is 5.75 Å². The number of aryl methyl sites for hydroxylation is 1. The first-order valence-electron chi connectivity index (χ1n) is 10.5. The molecule has 0 spiro atoms. The van der Waals surface area contributed by atoms with E-state index in [1.165, 1.54) is 16.7 Å². The number of esters is 1. The average Bonchev–Trinajstić information content (AvgIpc) is 3.02. The highest BCUT2D eigenvalue weighted by molar-refractivity contribution is 8.01. The molecule has 0 aliphatic carbocycles. The number of nitrogens with zero attached hydrogens (tertiary/aromatic N) is 1. The fourth-order valence-electron chi connectivity index (χ4n) is 4.26. The molecule has 2 amide bonds. The fraction of sp³-hybridized carbons (Fsp3) is 0.333. The number of hydrogen-bond acceptors (Lipinski definition) is 6. The number of rotatable bonds is 6. The minimum absolute atomic E-state index is 0.347. The second-order valence-electron chi connectivity index (χ2n) is 8.61. The minimum Gasteiger partial charge on any atom is -0.480 e. The van der Waals surface area contributed by atoms with Crippen LogP contribution in [-0.4, -0.2) is 56.0 Å². The predicted octanol–water partition coefficient (Wildman–Crippen LogP) is 2.32. The van der Waals surface area contributed by atoms with Crippen molar-refractivity contribution in [3.05, 3.63) is 65.7 Å². The molecule has 4 rings (SSSR count). The van der Waals surface area contributed by atoms with Crippen molar-refractivity contribution in [2.45, 2.75) is 48.9 Å². The average molecular weight is 469 g/mol. The maximum atomic E-state index is 13.3. The molecule has 4 atom stereocenters. The number of carboxylic acid groups (broad SMARTS) is 1. The third kappa shape index (κ3) is 4.08. The van der Waals surface area contributed by atoms with Gasteiger partial charge in [0.2, 0.25) is 11.8 Å². The number of ether oxygens (including phenoxy) is 1. The molecule has 9 heteroatoms. The summed E-state index contributed by atoms with van der Waals surface area (Å²) in [6.45, 7) is 5.31. The van der Waals surface area contributed by atoms with Gasteiger partial charge >= 0.3 is 11.9 Å². The van der Waals surface area contributed by atoms with Crippen molar-refractivity contribution < 1.29 is 29.0 Å². The summed E-state index contributed by atoms with van der Waals surface area (Å²) in [7, 11) is 0. The van der Waals surface area contributed by atoms with E-state index in [1.54, 1.807) is 69.3 Å². The summed E-state index contributed by atoms with van der Waals surface area (Å²) >= 11 is 1.32. The van der Waals surface area contributed by atoms with E-state index in [0.29, 0.717) is 11.3 Å². The van der Waals surface area contributed by atoms with Crippen LogP contribution in [0, 0.1) is 6.92 Å². The molecule has 2 aromatic carbocycles. The van der Waals surface area contributed by atoms with Crippen LogP contribution in [0.1, 0.15) is 30.9 Å². The molecule has 2 aromatic rings. The molecule has 0 radical (unpaired) electrons. The Morgan fingerprint density at radius 3 is 2.36 bits per heavy atom. The van der Waals surface area contributed by atoms with Crippen LogP contribution in [-0.2, 0) is 19.2 Å². The fourth-order valence-corrected chi connectivity index (χ4v) is 5.89. The van der Waals surface area contributed by atoms with E-state index in [0.717, 1.165) is 5.56 Å². The van der Waals surface area contributed by atoms with E-state index < -0.39 is 51.9 Å². The van der Waals surface area contributed by atoms with Gasteiger partial charge in [0.15, 0.2) is 5.92 Å². The lowest BCUT2D eigenvalue weighted by atomic mass is 9.94. The molecule has 8 nitrogen and oxygen atoms in total. The normalized spacial score (nSPS) is 23.8. The zero-order valence-corrected chi connectivity index (χ0v) is 19.2. The van der Waals surface area contributed by atoms with Crippen LogP contribution >= 0.6 is 11.8 Å². The predicted molar refractivity (Wildman–Crippen MR) is 122 cm³/mol. The van der Waals surface area contributed by atoms with Crippen LogP contribution in [0.2, 0.25) is 0 Å². The monoisotopic (exact) mass is 468 g/mol. The van der Waals surface area contributed by atoms with Crippen molar-refractivity contribution in [2.24, 2.45) is 0 Å². The number of hydrogen-bond donors (Lipinski definition) is 2. The highest BCUT2D eigenvalue weighted by Crippen LogP contribution is 2.50. The summed E-state index contributed by atoms with van der Waals surface area (Å²) in [6, 6.07) is 13.6. The first kappa shape index (κ1) is 22.8. The summed E-state index contributed by atoms with van der Waals surface area (Å²) in [5.41, 5.74) is 1.17. The number of carbonyl (C=O) groups is 4. The number of amides is 2. The van der Waals surface area contributed by atoms with Crippen LogP contribution in [0.25, 0.3) is 0 Å². The number of benzene rings is 2. The molecular formula is C24H24N2O6S. The number of β-lactam (4-membered cyclic amide) rings is 1. The van der Waals surface area contributed by atoms with Gasteiger partial charge in [-0.15, -0.1) is 11.8 Å². The molecule has 0 saturated carbocycles. The third-order valence-corrected chi connectivity index (χ3v) is 7.48. The number of thioether (sulfide) groups is 1. The Hall–Kier alpha value is -3.33. The van der Waals surface area contributed by atoms with E-state index in [4.69, 9.17) is 4.74 Å². The van der Waals surface area contributed by atoms with E-state index >= 15 is 0 Å². The van der Waals surface area contributed by atoms with Gasteiger partial charge in [-0.05, 0) is 38.0 Å². The number of nitrogens with one attached hydrogen (secondary N) is 1. The van der Waals surface area contributed by atoms with Gasteiger partial charge in [-0.1, -0.05) is 48.5 Å². The van der Waals surface area contributed by atoms with Gasteiger partial charge in [0.1, 0.15) is 23.2 Å². The zero-order valence-electron chi connectivity index (χ0n) is 18.3. The minimum atomic E-state index is -1.29. The Morgan fingerprint density at radius 2 is 1.73 bits per heavy atom. The van der Waals surface area contributed by atoms with Crippen LogP contribution in [0.3, 0.4) is 0 Å². The summed E-state index contributed by atoms with van der Waals surface area (Å²) in [5.74, 6) is -3.94. The van der Waals surface area contributed by atoms with E-state index in [-0.39, 0.29) is 0 Å². The lowest BCUT2D eigenvalue weighted by Crippen LogP contribution is -2.71. The SMILES string of the molecule is Cc1ccccc1OC(=O)C(C(=O)NC1C(=O)N2[C@@H]1SC(C)(C)[C@@H]2C(=O)O)c1ccccc1. The van der Waals surface area contributed by atoms with Crippen molar-refractivity contribution in [1.29, 1.82) is 0 Å². The molecule has 0 bridgehead atoms. The Kier molecular flexibility index (Phi) is 5.92. The first-order valence-corrected chi connectivity index (χ1v) is 11.3. The standard InChI is InChI=1S/C24H24N2O6S/c1-13-9-7-8-12-15(13)32-23(31)16(14-10-5-4-6-11-14)19(27)25-17-20(28)26-18(22(29)30)24(2,3)33-21(17)26/h4-12,16-18,21H,1-3H3,(H,25,27)(H,29,30)/t16?,17?,18-,21+/m0/s1. The smallest absolute Gasteiger partial charge is 0.328 e. The number of fused-ring (bicyclic) bond motifs is 1. The van der Waals surface area contributed by atoms with Gasteiger partial charge in [0.05, 0.1) is 0 Å². The lowest BCUT2D eigenvalue weighted by Gasteiger charge is -2.43. The molecule has 2 unspecified atom stereocenters. The Labute approximate surface area is 195 Å². The van der Waals surface area contributed by atoms with Gasteiger partial charge in [-0.2, -0.15) is 0 Å². The maximum Gasteiger partial charge on any atom is 0.328 e. The van der Waals surface area contributed by atoms with Gasteiger partial charge < -0.3 is 20.1 Å². The summed E-state index contributed by atoms with van der Waals surface area (Å²) in [6.07, 6.45) is 0. The summed E-state index contributed by atoms with van der Waals surface area (Å²) in [5, 5.41) is 11.7. The highest BCUT2D eigenvalue weighted by Gasteiger charge is 2.64. The lowest BCUT2D eigenvalue weighted by molar-refractivity contribution is -0.161. The van der Waals surface area contributed by atoms with E-state index in [9.17, 15) is 24.3 Å². The molecule has 0 aromatic heterocycles. The molecule has 2 heterocycles. The maximum absolute atomic E-state index is 13.3. The Morgan fingerprint density at radius 1 is 1.09 bits per heavy atom. The van der Waals surface area contributed by atoms with Crippen molar-refractivity contribution in [2.75, 3.05) is 0 Å². The van der Waals surface area contributed by atoms with Crippen LogP contribution < -0.4 is 10.1 Å². The van der Waals surface area contributed by atoms with Crippen LogP contribution in [0.4, 0.5) is 0 Å². The molecule has 172 valence electrons. The number of carboxylic acids is 1. The van der Waals surface area contributed by atoms with Crippen molar-refractivity contribution in [3.63, 3.8) is 0 Å². The van der Waals surface area contributed by atoms with Gasteiger partial charge in [-0.3, -0.25) is 14.4 Å². The van der Waals surface area contributed by atoms with Gasteiger partial charge in [0, 0.05) is 4.75 Å². The van der Waals surface area contributed by atoms with Crippen molar-refractivity contribution in [1.82, 2.24) is 10.2 Å². The molecular weight excluding hydrogens is 444 g/mol. The largest absolute Gasteiger partial charge is 0.480 e. The van der Waals surface area contributed by atoms with Gasteiger partial charge in [-0.25, -0.2) is 4.79 Å². The number of carbonyl (C=O) groups excluding carboxylic acids is 3. The molecule has 2 aliphatic rings. The summed E-state index contributed by atoms with van der Waals surface area (Å²) in [4.78, 5) is 52.1. The zero-order chi connectivity index (χ0) is 23.9. The van der Waals surface area contributed by atoms with Gasteiger partial charge in [0.25, 0.3) is 0 Å².